The van der Waals surface area contributed by atoms with Crippen molar-refractivity contribution >= 4 is 17.4 Å². The molecule has 0 aliphatic carbocycles. The topological polar surface area (TPSA) is 55.4 Å². The Morgan fingerprint density at radius 1 is 0.938 bits per heavy atom. The lowest BCUT2D eigenvalue weighted by molar-refractivity contribution is -0.890. The minimum atomic E-state index is -0.594. The lowest BCUT2D eigenvalue weighted by Gasteiger charge is -2.29. The van der Waals surface area contributed by atoms with E-state index in [-0.39, 0.29) is 17.9 Å². The molecule has 1 saturated heterocycles. The molecule has 0 bridgehead atoms. The van der Waals surface area contributed by atoms with E-state index in [1.54, 1.807) is 0 Å². The van der Waals surface area contributed by atoms with Crippen LogP contribution in [0.2, 0.25) is 0 Å². The van der Waals surface area contributed by atoms with Crippen molar-refractivity contribution in [1.29, 1.82) is 0 Å². The van der Waals surface area contributed by atoms with Gasteiger partial charge in [-0.2, -0.15) is 0 Å². The molecule has 5 heteroatoms. The number of hydrogen-bond donors (Lipinski definition) is 1. The van der Waals surface area contributed by atoms with Gasteiger partial charge in [0.25, 0.3) is 0 Å². The molecule has 1 aliphatic heterocycles. The zero-order valence-electron chi connectivity index (χ0n) is 18.3. The van der Waals surface area contributed by atoms with Crippen molar-refractivity contribution in [2.45, 2.75) is 18.6 Å². The van der Waals surface area contributed by atoms with Gasteiger partial charge in [0.15, 0.2) is 12.1 Å². The van der Waals surface area contributed by atoms with Crippen LogP contribution >= 0.6 is 0 Å². The van der Waals surface area contributed by atoms with Crippen LogP contribution in [0.5, 0.6) is 0 Å². The summed E-state index contributed by atoms with van der Waals surface area (Å²) in [5, 5.41) is 3.31. The highest BCUT2D eigenvalue weighted by Crippen LogP contribution is 2.25. The zero-order chi connectivity index (χ0) is 22.4. The van der Waals surface area contributed by atoms with E-state index in [0.717, 1.165) is 29.8 Å². The summed E-state index contributed by atoms with van der Waals surface area (Å²) in [6.45, 7) is 1.85. The number of hydrogen-bond acceptors (Lipinski definition) is 4. The molecule has 1 N–H and O–H groups in total. The molecule has 3 aromatic carbocycles. The smallest absolute Gasteiger partial charge is 0.333 e. The molecular weight excluding hydrogens is 400 g/mol. The summed E-state index contributed by atoms with van der Waals surface area (Å²) < 4.78 is 6.53. The number of Topliss-reactive ketones (excluding diaryl/α,β-unsaturated/α-hetero) is 1. The Bertz CT molecular complexity index is 1040. The number of likely N-dealkylation sites (N-methyl/N-ethyl adjacent to an activating group) is 1. The maximum Gasteiger partial charge on any atom is 0.333 e. The molecule has 0 amide bonds. The van der Waals surface area contributed by atoms with Crippen LogP contribution < -0.4 is 5.32 Å². The van der Waals surface area contributed by atoms with Gasteiger partial charge in [0.05, 0.1) is 13.6 Å². The van der Waals surface area contributed by atoms with Crippen molar-refractivity contribution in [2.24, 2.45) is 0 Å². The summed E-state index contributed by atoms with van der Waals surface area (Å²) in [5.74, 6) is -0.180. The minimum absolute atomic E-state index is 0.119. The SMILES string of the molecule is C[N@@+]1(CC(=O)c2ccccc2)CCC(OC(=O)C(Nc2ccccc2)c2ccccc2)C1. The van der Waals surface area contributed by atoms with Crippen molar-refractivity contribution < 1.29 is 18.8 Å². The van der Waals surface area contributed by atoms with Crippen LogP contribution in [0.4, 0.5) is 5.69 Å². The predicted molar refractivity (Wildman–Crippen MR) is 125 cm³/mol. The van der Waals surface area contributed by atoms with Crippen LogP contribution in [-0.2, 0) is 9.53 Å². The molecule has 164 valence electrons. The second-order valence-corrected chi connectivity index (χ2v) is 8.67. The van der Waals surface area contributed by atoms with E-state index in [4.69, 9.17) is 4.74 Å². The Morgan fingerprint density at radius 2 is 1.53 bits per heavy atom. The molecule has 1 fully saturated rings. The van der Waals surface area contributed by atoms with Crippen molar-refractivity contribution in [1.82, 2.24) is 0 Å². The van der Waals surface area contributed by atoms with E-state index >= 15 is 0 Å². The average Bonchev–Trinajstić information content (AvgIpc) is 3.19. The number of carbonyl (C=O) groups excluding carboxylic acids is 2. The Kier molecular flexibility index (Phi) is 6.66. The molecule has 3 atom stereocenters. The van der Waals surface area contributed by atoms with Gasteiger partial charge in [-0.3, -0.25) is 4.79 Å². The molecule has 4 rings (SSSR count). The number of esters is 1. The third-order valence-corrected chi connectivity index (χ3v) is 5.99. The van der Waals surface area contributed by atoms with E-state index in [2.05, 4.69) is 12.4 Å². The number of ether oxygens (including phenoxy) is 1. The van der Waals surface area contributed by atoms with Crippen LogP contribution in [0, 0.1) is 0 Å². The zero-order valence-corrected chi connectivity index (χ0v) is 18.3. The van der Waals surface area contributed by atoms with E-state index < -0.39 is 6.04 Å². The molecule has 1 heterocycles. The van der Waals surface area contributed by atoms with Gasteiger partial charge in [0.2, 0.25) is 5.78 Å². The molecule has 2 unspecified atom stereocenters. The number of nitrogens with one attached hydrogen (secondary N) is 1. The van der Waals surface area contributed by atoms with Gasteiger partial charge in [-0.05, 0) is 17.7 Å². The third-order valence-electron chi connectivity index (χ3n) is 5.99. The summed E-state index contributed by atoms with van der Waals surface area (Å²) in [7, 11) is 2.06. The van der Waals surface area contributed by atoms with E-state index in [1.807, 2.05) is 91.0 Å². The number of carbonyl (C=O) groups is 2. The van der Waals surface area contributed by atoms with Gasteiger partial charge in [-0.15, -0.1) is 0 Å². The van der Waals surface area contributed by atoms with Crippen molar-refractivity contribution in [3.8, 4) is 0 Å². The van der Waals surface area contributed by atoms with Crippen LogP contribution in [0.1, 0.15) is 28.4 Å². The summed E-state index contributed by atoms with van der Waals surface area (Å²) >= 11 is 0. The second-order valence-electron chi connectivity index (χ2n) is 8.67. The molecule has 3 aromatic rings. The molecule has 1 aliphatic rings. The Labute approximate surface area is 189 Å². The summed E-state index contributed by atoms with van der Waals surface area (Å²) in [5.41, 5.74) is 2.44. The number of likely N-dealkylation sites (tertiary alicyclic amines) is 1. The van der Waals surface area contributed by atoms with Gasteiger partial charge in [-0.25, -0.2) is 4.79 Å². The summed E-state index contributed by atoms with van der Waals surface area (Å²) in [4.78, 5) is 25.9. The summed E-state index contributed by atoms with van der Waals surface area (Å²) in [6, 6.07) is 28.1. The largest absolute Gasteiger partial charge is 0.454 e. The minimum Gasteiger partial charge on any atom is -0.454 e. The first-order chi connectivity index (χ1) is 15.5. The molecule has 0 saturated carbocycles. The first-order valence-electron chi connectivity index (χ1n) is 11.0. The number of quaternary nitrogens is 1. The van der Waals surface area contributed by atoms with Gasteiger partial charge < -0.3 is 14.5 Å². The van der Waals surface area contributed by atoms with Crippen LogP contribution in [0.15, 0.2) is 91.0 Å². The Hall–Kier alpha value is -3.44. The number of para-hydroxylation sites is 1. The van der Waals surface area contributed by atoms with Gasteiger partial charge >= 0.3 is 5.97 Å². The van der Waals surface area contributed by atoms with Crippen molar-refractivity contribution in [3.05, 3.63) is 102 Å². The van der Waals surface area contributed by atoms with Crippen molar-refractivity contribution in [2.75, 3.05) is 32.0 Å². The first-order valence-corrected chi connectivity index (χ1v) is 11.0. The first kappa shape index (κ1) is 21.8. The highest BCUT2D eigenvalue weighted by atomic mass is 16.5. The molecule has 0 aromatic heterocycles. The van der Waals surface area contributed by atoms with Crippen LogP contribution in [-0.4, -0.2) is 49.0 Å². The molecule has 0 radical (unpaired) electrons. The maximum atomic E-state index is 13.2. The molecule has 5 nitrogen and oxygen atoms in total. The third kappa shape index (κ3) is 5.42. The van der Waals surface area contributed by atoms with E-state index in [9.17, 15) is 9.59 Å². The Balaban J connectivity index is 1.42. The number of nitrogens with zero attached hydrogens (tertiary/aromatic N) is 1. The highest BCUT2D eigenvalue weighted by molar-refractivity contribution is 5.96. The number of ketones is 1. The number of anilines is 1. The number of rotatable bonds is 8. The van der Waals surface area contributed by atoms with E-state index in [1.165, 1.54) is 0 Å². The van der Waals surface area contributed by atoms with Crippen LogP contribution in [0.25, 0.3) is 0 Å². The molecular formula is C27H29N2O3+. The second kappa shape index (κ2) is 9.79. The van der Waals surface area contributed by atoms with Crippen molar-refractivity contribution in [3.63, 3.8) is 0 Å². The monoisotopic (exact) mass is 429 g/mol. The van der Waals surface area contributed by atoms with Gasteiger partial charge in [0, 0.05) is 17.7 Å². The number of benzene rings is 3. The predicted octanol–water partition coefficient (Wildman–Crippen LogP) is 4.48. The quantitative estimate of drug-likeness (QED) is 0.326. The van der Waals surface area contributed by atoms with Gasteiger partial charge in [-0.1, -0.05) is 78.9 Å². The fraction of sp³-hybridized carbons (Fsp3) is 0.259. The van der Waals surface area contributed by atoms with Gasteiger partial charge in [0.1, 0.15) is 13.1 Å². The lowest BCUT2D eigenvalue weighted by atomic mass is 10.1. The Morgan fingerprint density at radius 3 is 2.19 bits per heavy atom. The normalized spacial score (nSPS) is 21.0. The fourth-order valence-corrected chi connectivity index (χ4v) is 4.29. The van der Waals surface area contributed by atoms with Crippen LogP contribution in [0.3, 0.4) is 0 Å². The molecule has 32 heavy (non-hydrogen) atoms. The highest BCUT2D eigenvalue weighted by Gasteiger charge is 2.39. The summed E-state index contributed by atoms with van der Waals surface area (Å²) in [6.07, 6.45) is 0.539. The maximum absolute atomic E-state index is 13.2. The lowest BCUT2D eigenvalue weighted by Crippen LogP contribution is -2.46. The fourth-order valence-electron chi connectivity index (χ4n) is 4.29. The standard InChI is InChI=1S/C27H29N2O3/c1-29(20-25(30)21-11-5-2-6-12-21)18-17-24(19-29)32-27(31)26(22-13-7-3-8-14-22)28-23-15-9-4-10-16-23/h2-16,24,26,28H,17-20H2,1H3/q+1/t24?,26?,29-/m1/s1. The average molecular weight is 430 g/mol. The van der Waals surface area contributed by atoms with E-state index in [0.29, 0.717) is 17.6 Å². The molecule has 0 spiro atoms.